The molecule has 4 aliphatic rings. The van der Waals surface area contributed by atoms with E-state index in [-0.39, 0.29) is 33.4 Å². The Balaban J connectivity index is 1.70. The molecule has 0 amide bonds. The van der Waals surface area contributed by atoms with E-state index in [1.165, 1.54) is 18.8 Å². The summed E-state index contributed by atoms with van der Waals surface area (Å²) in [5, 5.41) is 0. The Bertz CT molecular complexity index is 1040. The zero-order chi connectivity index (χ0) is 26.0. The number of methoxy groups -OCH3 is 1. The molecule has 0 aromatic carbocycles. The molecule has 2 saturated carbocycles. The second kappa shape index (κ2) is 8.56. The Morgan fingerprint density at radius 3 is 2.40 bits per heavy atom. The van der Waals surface area contributed by atoms with E-state index in [9.17, 15) is 14.4 Å². The maximum atomic E-state index is 12.9. The number of fused-ring (bicyclic) bond motifs is 3. The van der Waals surface area contributed by atoms with Crippen molar-refractivity contribution >= 4 is 17.5 Å². The molecule has 0 aromatic heterocycles. The Hall–Kier alpha value is -1.97. The lowest BCUT2D eigenvalue weighted by Crippen LogP contribution is -2.50. The van der Waals surface area contributed by atoms with Crippen LogP contribution in [0.5, 0.6) is 0 Å². The van der Waals surface area contributed by atoms with Crippen molar-refractivity contribution in [3.63, 3.8) is 0 Å². The molecule has 35 heavy (non-hydrogen) atoms. The van der Waals surface area contributed by atoms with Crippen molar-refractivity contribution in [1.82, 2.24) is 0 Å². The van der Waals surface area contributed by atoms with Crippen molar-refractivity contribution in [1.29, 1.82) is 0 Å². The predicted octanol–water partition coefficient (Wildman–Crippen LogP) is 6.94. The molecule has 0 aliphatic heterocycles. The number of Topliss-reactive ketones (excluding diaryl/α,β-unsaturated/α-hetero) is 1. The van der Waals surface area contributed by atoms with Crippen LogP contribution < -0.4 is 0 Å². The van der Waals surface area contributed by atoms with Crippen LogP contribution in [0.4, 0.5) is 0 Å². The summed E-state index contributed by atoms with van der Waals surface area (Å²) >= 11 is 0. The number of carbonyl (C=O) groups excluding carboxylic acids is 3. The molecule has 192 valence electrons. The average Bonchev–Trinajstić information content (AvgIpc) is 3.32. The van der Waals surface area contributed by atoms with Gasteiger partial charge < -0.3 is 4.74 Å². The molecule has 0 radical (unpaired) electrons. The minimum Gasteiger partial charge on any atom is -0.466 e. The Labute approximate surface area is 211 Å². The number of ether oxygens (including phenoxy) is 1. The van der Waals surface area contributed by atoms with Gasteiger partial charge in [0.05, 0.1) is 7.11 Å². The highest BCUT2D eigenvalue weighted by Gasteiger charge is 2.64. The zero-order valence-corrected chi connectivity index (χ0v) is 22.9. The van der Waals surface area contributed by atoms with Gasteiger partial charge >= 0.3 is 5.97 Å². The van der Waals surface area contributed by atoms with Crippen molar-refractivity contribution < 1.29 is 19.1 Å². The summed E-state index contributed by atoms with van der Waals surface area (Å²) < 4.78 is 4.76. The first-order valence-corrected chi connectivity index (χ1v) is 13.5. The van der Waals surface area contributed by atoms with E-state index in [0.29, 0.717) is 30.1 Å². The lowest BCUT2D eigenvalue weighted by molar-refractivity contribution is -0.139. The molecule has 4 rings (SSSR count). The molecule has 1 unspecified atom stereocenters. The molecule has 1 spiro atoms. The molecule has 0 aromatic rings. The van der Waals surface area contributed by atoms with Gasteiger partial charge in [0.1, 0.15) is 5.78 Å². The van der Waals surface area contributed by atoms with Crippen molar-refractivity contribution in [2.45, 2.75) is 99.3 Å². The summed E-state index contributed by atoms with van der Waals surface area (Å²) in [6.45, 7) is 17.7. The summed E-state index contributed by atoms with van der Waals surface area (Å²) in [5.41, 5.74) is 4.63. The number of hydrogen-bond donors (Lipinski definition) is 0. The van der Waals surface area contributed by atoms with Crippen LogP contribution in [0.1, 0.15) is 99.3 Å². The van der Waals surface area contributed by atoms with Crippen molar-refractivity contribution in [3.8, 4) is 0 Å². The maximum absolute atomic E-state index is 12.9. The van der Waals surface area contributed by atoms with Crippen molar-refractivity contribution in [3.05, 3.63) is 34.9 Å². The average molecular weight is 481 g/mol. The molecule has 0 N–H and O–H groups in total. The molecule has 0 heterocycles. The third kappa shape index (κ3) is 3.56. The van der Waals surface area contributed by atoms with E-state index >= 15 is 0 Å². The van der Waals surface area contributed by atoms with Gasteiger partial charge in [-0.2, -0.15) is 0 Å². The van der Waals surface area contributed by atoms with E-state index in [1.807, 2.05) is 0 Å². The summed E-state index contributed by atoms with van der Waals surface area (Å²) in [4.78, 5) is 37.6. The van der Waals surface area contributed by atoms with Gasteiger partial charge in [-0.3, -0.25) is 9.59 Å². The van der Waals surface area contributed by atoms with E-state index in [4.69, 9.17) is 4.74 Å². The summed E-state index contributed by atoms with van der Waals surface area (Å²) in [6.07, 6.45) is 9.84. The van der Waals surface area contributed by atoms with Gasteiger partial charge in [-0.05, 0) is 80.6 Å². The summed E-state index contributed by atoms with van der Waals surface area (Å²) in [6, 6.07) is 0. The molecule has 4 heteroatoms. The van der Waals surface area contributed by atoms with E-state index in [1.54, 1.807) is 18.1 Å². The van der Waals surface area contributed by atoms with E-state index in [2.05, 4.69) is 41.2 Å². The molecule has 5 atom stereocenters. The number of ketones is 2. The van der Waals surface area contributed by atoms with E-state index in [0.717, 1.165) is 44.9 Å². The summed E-state index contributed by atoms with van der Waals surface area (Å²) in [7, 11) is 1.34. The first kappa shape index (κ1) is 26.1. The molecular weight excluding hydrogens is 436 g/mol. The standard InChI is InChI=1S/C31H44O4/c1-19(27(34)35-8)17-22(32)18-21(3)30(7)15-11-20(2)31(30)16-12-23-24(31)9-10-25-28(4,5)26(33)13-14-29(23,25)6/h17,21,25H,2,9-16,18H2,1,3-8H3/b19-17-/t21-,25?,29-,30+,31+/m1/s1. The summed E-state index contributed by atoms with van der Waals surface area (Å²) in [5.74, 6) is 0.528. The van der Waals surface area contributed by atoms with Crippen LogP contribution in [-0.2, 0) is 19.1 Å². The van der Waals surface area contributed by atoms with E-state index < -0.39 is 5.97 Å². The van der Waals surface area contributed by atoms with Gasteiger partial charge in [-0.15, -0.1) is 0 Å². The largest absolute Gasteiger partial charge is 0.466 e. The molecule has 0 bridgehead atoms. The van der Waals surface area contributed by atoms with Crippen LogP contribution in [-0.4, -0.2) is 24.6 Å². The second-order valence-corrected chi connectivity index (χ2v) is 12.9. The number of hydrogen-bond acceptors (Lipinski definition) is 4. The minimum absolute atomic E-state index is 0.00954. The topological polar surface area (TPSA) is 60.4 Å². The van der Waals surface area contributed by atoms with Gasteiger partial charge in [0, 0.05) is 29.2 Å². The number of carbonyl (C=O) groups is 3. The highest BCUT2D eigenvalue weighted by atomic mass is 16.5. The van der Waals surface area contributed by atoms with Crippen molar-refractivity contribution in [2.24, 2.45) is 33.5 Å². The normalized spacial score (nSPS) is 37.3. The Morgan fingerprint density at radius 1 is 1.06 bits per heavy atom. The molecule has 4 aliphatic carbocycles. The fourth-order valence-electron chi connectivity index (χ4n) is 9.03. The lowest BCUT2D eigenvalue weighted by atomic mass is 9.48. The third-order valence-electron chi connectivity index (χ3n) is 11.2. The van der Waals surface area contributed by atoms with Crippen molar-refractivity contribution in [2.75, 3.05) is 7.11 Å². The number of rotatable bonds is 5. The van der Waals surface area contributed by atoms with Gasteiger partial charge in [0.25, 0.3) is 0 Å². The Morgan fingerprint density at radius 2 is 1.74 bits per heavy atom. The first-order chi connectivity index (χ1) is 16.3. The monoisotopic (exact) mass is 480 g/mol. The molecule has 2 fully saturated rings. The van der Waals surface area contributed by atoms with Crippen LogP contribution in [0.3, 0.4) is 0 Å². The fraction of sp³-hybridized carbons (Fsp3) is 0.710. The Kier molecular flexibility index (Phi) is 6.38. The maximum Gasteiger partial charge on any atom is 0.333 e. The minimum atomic E-state index is -0.451. The van der Waals surface area contributed by atoms with Gasteiger partial charge in [0.2, 0.25) is 0 Å². The quantitative estimate of drug-likeness (QED) is 0.243. The molecular formula is C31H44O4. The fourth-order valence-corrected chi connectivity index (χ4v) is 9.03. The molecule has 4 nitrogen and oxygen atoms in total. The highest BCUT2D eigenvalue weighted by molar-refractivity contribution is 5.99. The predicted molar refractivity (Wildman–Crippen MR) is 139 cm³/mol. The van der Waals surface area contributed by atoms with Crippen LogP contribution in [0.2, 0.25) is 0 Å². The van der Waals surface area contributed by atoms with Gasteiger partial charge in [-0.1, -0.05) is 57.9 Å². The van der Waals surface area contributed by atoms with Gasteiger partial charge in [-0.25, -0.2) is 4.79 Å². The number of esters is 1. The van der Waals surface area contributed by atoms with Crippen LogP contribution in [0.15, 0.2) is 34.9 Å². The molecule has 0 saturated heterocycles. The second-order valence-electron chi connectivity index (χ2n) is 12.9. The highest BCUT2D eigenvalue weighted by Crippen LogP contribution is 2.73. The zero-order valence-electron chi connectivity index (χ0n) is 22.9. The van der Waals surface area contributed by atoms with Crippen LogP contribution >= 0.6 is 0 Å². The van der Waals surface area contributed by atoms with Crippen LogP contribution in [0, 0.1) is 33.5 Å². The first-order valence-electron chi connectivity index (χ1n) is 13.5. The third-order valence-corrected chi connectivity index (χ3v) is 11.2. The van der Waals surface area contributed by atoms with Gasteiger partial charge in [0.15, 0.2) is 5.78 Å². The van der Waals surface area contributed by atoms with Crippen LogP contribution in [0.25, 0.3) is 0 Å². The number of allylic oxidation sites excluding steroid dienone is 4. The smallest absolute Gasteiger partial charge is 0.333 e. The SMILES string of the molecule is C=C1CC[C@@](C)([C@H](C)CC(=O)/C=C(/C)C(=O)OC)[C@@]12CCC1=C2CCC2C(C)(C)C(=O)CC[C@]12C. The lowest BCUT2D eigenvalue weighted by Gasteiger charge is -2.55.